The third kappa shape index (κ3) is 2.27. The molecule has 25 heavy (non-hydrogen) atoms. The van der Waals surface area contributed by atoms with Crippen LogP contribution in [0.1, 0.15) is 6.92 Å². The highest BCUT2D eigenvalue weighted by molar-refractivity contribution is 5.95. The molecule has 3 aromatic heterocycles. The Balaban J connectivity index is 1.73. The lowest BCUT2D eigenvalue weighted by molar-refractivity contribution is 0.0987. The van der Waals surface area contributed by atoms with Gasteiger partial charge in [0.25, 0.3) is 0 Å². The van der Waals surface area contributed by atoms with Crippen LogP contribution in [0.25, 0.3) is 33.5 Å². The monoisotopic (exact) mass is 334 g/mol. The average Bonchev–Trinajstić information content (AvgIpc) is 3.30. The Labute approximate surface area is 144 Å². The maximum atomic E-state index is 5.57. The normalized spacial score (nSPS) is 18.3. The van der Waals surface area contributed by atoms with Crippen LogP contribution in [0.15, 0.2) is 36.8 Å². The summed E-state index contributed by atoms with van der Waals surface area (Å²) < 4.78 is 5.57. The second-order valence-corrected chi connectivity index (χ2v) is 6.33. The van der Waals surface area contributed by atoms with Gasteiger partial charge >= 0.3 is 0 Å². The molecule has 0 aliphatic carbocycles. The molecule has 1 atom stereocenters. The Morgan fingerprint density at radius 1 is 1.20 bits per heavy atom. The molecule has 0 radical (unpaired) electrons. The second-order valence-electron chi connectivity index (χ2n) is 6.33. The van der Waals surface area contributed by atoms with Crippen LogP contribution in [-0.2, 0) is 4.74 Å². The number of ether oxygens (including phenoxy) is 1. The van der Waals surface area contributed by atoms with Gasteiger partial charge in [-0.2, -0.15) is 0 Å². The predicted molar refractivity (Wildman–Crippen MR) is 96.6 cm³/mol. The predicted octanol–water partition coefficient (Wildman–Crippen LogP) is 2.73. The van der Waals surface area contributed by atoms with Crippen molar-refractivity contribution >= 4 is 27.9 Å². The van der Waals surface area contributed by atoms with E-state index in [0.717, 1.165) is 40.0 Å². The highest BCUT2D eigenvalue weighted by Gasteiger charge is 2.24. The van der Waals surface area contributed by atoms with Crippen molar-refractivity contribution in [2.75, 3.05) is 24.7 Å². The van der Waals surface area contributed by atoms with Gasteiger partial charge in [0.15, 0.2) is 17.3 Å². The number of aromatic nitrogens is 5. The lowest BCUT2D eigenvalue weighted by Crippen LogP contribution is -2.44. The van der Waals surface area contributed by atoms with E-state index in [2.05, 4.69) is 45.0 Å². The Hall–Kier alpha value is -2.93. The Morgan fingerprint density at radius 2 is 2.16 bits per heavy atom. The summed E-state index contributed by atoms with van der Waals surface area (Å²) in [6, 6.07) is 8.44. The summed E-state index contributed by atoms with van der Waals surface area (Å²) in [5.74, 6) is 1.57. The Morgan fingerprint density at radius 3 is 3.08 bits per heavy atom. The molecule has 0 unspecified atom stereocenters. The number of hydrogen-bond donors (Lipinski definition) is 2. The highest BCUT2D eigenvalue weighted by atomic mass is 16.5. The summed E-state index contributed by atoms with van der Waals surface area (Å²) in [4.78, 5) is 22.7. The van der Waals surface area contributed by atoms with E-state index in [1.54, 1.807) is 6.33 Å². The second kappa shape index (κ2) is 5.56. The van der Waals surface area contributed by atoms with Crippen LogP contribution in [0.2, 0.25) is 0 Å². The molecule has 1 aliphatic heterocycles. The number of morpholine rings is 1. The molecule has 4 aromatic rings. The third-order valence-corrected chi connectivity index (χ3v) is 4.74. The topological polar surface area (TPSA) is 82.7 Å². The maximum absolute atomic E-state index is 5.57. The van der Waals surface area contributed by atoms with Gasteiger partial charge in [0.1, 0.15) is 5.52 Å². The highest BCUT2D eigenvalue weighted by Crippen LogP contribution is 2.31. The Kier molecular flexibility index (Phi) is 3.21. The molecular formula is C18H18N6O. The van der Waals surface area contributed by atoms with E-state index >= 15 is 0 Å². The van der Waals surface area contributed by atoms with E-state index < -0.39 is 0 Å². The van der Waals surface area contributed by atoms with E-state index in [9.17, 15) is 0 Å². The number of aromatic amines is 2. The number of anilines is 1. The van der Waals surface area contributed by atoms with Crippen LogP contribution in [-0.4, -0.2) is 50.7 Å². The lowest BCUT2D eigenvalue weighted by atomic mass is 10.1. The number of imidazole rings is 1. The smallest absolute Gasteiger partial charge is 0.164 e. The number of nitrogens with one attached hydrogen (secondary N) is 2. The molecule has 126 valence electrons. The molecule has 1 saturated heterocycles. The van der Waals surface area contributed by atoms with Gasteiger partial charge in [-0.25, -0.2) is 15.0 Å². The average molecular weight is 334 g/mol. The molecule has 2 N–H and O–H groups in total. The van der Waals surface area contributed by atoms with E-state index in [0.29, 0.717) is 19.0 Å². The number of nitrogens with zero attached hydrogens (tertiary/aromatic N) is 4. The first-order valence-corrected chi connectivity index (χ1v) is 8.43. The molecule has 5 rings (SSSR count). The molecule has 0 bridgehead atoms. The lowest BCUT2D eigenvalue weighted by Gasteiger charge is -2.34. The quantitative estimate of drug-likeness (QED) is 0.589. The van der Waals surface area contributed by atoms with Gasteiger partial charge < -0.3 is 19.6 Å². The standard InChI is InChI=1S/C18H18N6O/c1-11-9-25-8-7-24(11)18-15-17(21-10-20-15)22-16(23-18)13-3-2-4-14-12(13)5-6-19-14/h2-6,10-11,19H,7-9H2,1H3,(H,20,21,22,23)/t11-/m1/s1. The van der Waals surface area contributed by atoms with Gasteiger partial charge in [0.05, 0.1) is 25.6 Å². The largest absolute Gasteiger partial charge is 0.377 e. The summed E-state index contributed by atoms with van der Waals surface area (Å²) in [7, 11) is 0. The fraction of sp³-hybridized carbons (Fsp3) is 0.278. The number of fused-ring (bicyclic) bond motifs is 2. The Bertz CT molecular complexity index is 1050. The van der Waals surface area contributed by atoms with Gasteiger partial charge in [-0.3, -0.25) is 0 Å². The van der Waals surface area contributed by atoms with Crippen LogP contribution in [0, 0.1) is 0 Å². The molecule has 0 saturated carbocycles. The SMILES string of the molecule is C[C@@H]1COCCN1c1nc(-c2cccc3[nH]ccc23)nc2[nH]cnc12. The molecule has 7 nitrogen and oxygen atoms in total. The van der Waals surface area contributed by atoms with Crippen LogP contribution in [0.5, 0.6) is 0 Å². The van der Waals surface area contributed by atoms with Gasteiger partial charge in [-0.15, -0.1) is 0 Å². The summed E-state index contributed by atoms with van der Waals surface area (Å²) in [6.07, 6.45) is 3.61. The summed E-state index contributed by atoms with van der Waals surface area (Å²) in [5.41, 5.74) is 3.65. The summed E-state index contributed by atoms with van der Waals surface area (Å²) in [5, 5.41) is 1.11. The zero-order valence-corrected chi connectivity index (χ0v) is 13.9. The number of benzene rings is 1. The van der Waals surface area contributed by atoms with Crippen molar-refractivity contribution in [3.05, 3.63) is 36.8 Å². The van der Waals surface area contributed by atoms with Crippen molar-refractivity contribution in [2.24, 2.45) is 0 Å². The van der Waals surface area contributed by atoms with Crippen LogP contribution >= 0.6 is 0 Å². The van der Waals surface area contributed by atoms with Crippen LogP contribution in [0.4, 0.5) is 5.82 Å². The van der Waals surface area contributed by atoms with Gasteiger partial charge in [0, 0.05) is 29.2 Å². The van der Waals surface area contributed by atoms with Gasteiger partial charge in [-0.1, -0.05) is 12.1 Å². The summed E-state index contributed by atoms with van der Waals surface area (Å²) >= 11 is 0. The third-order valence-electron chi connectivity index (χ3n) is 4.74. The molecule has 7 heteroatoms. The number of rotatable bonds is 2. The molecule has 4 heterocycles. The van der Waals surface area contributed by atoms with Crippen molar-refractivity contribution < 1.29 is 4.74 Å². The van der Waals surface area contributed by atoms with Crippen molar-refractivity contribution in [3.8, 4) is 11.4 Å². The molecule has 0 amide bonds. The van der Waals surface area contributed by atoms with E-state index in [1.165, 1.54) is 0 Å². The van der Waals surface area contributed by atoms with Gasteiger partial charge in [0.2, 0.25) is 0 Å². The van der Waals surface area contributed by atoms with Crippen molar-refractivity contribution in [2.45, 2.75) is 13.0 Å². The fourth-order valence-electron chi connectivity index (χ4n) is 3.46. The van der Waals surface area contributed by atoms with Crippen molar-refractivity contribution in [3.63, 3.8) is 0 Å². The van der Waals surface area contributed by atoms with Crippen LogP contribution in [0.3, 0.4) is 0 Å². The molecular weight excluding hydrogens is 316 g/mol. The minimum absolute atomic E-state index is 0.249. The van der Waals surface area contributed by atoms with E-state index in [1.807, 2.05) is 12.3 Å². The van der Waals surface area contributed by atoms with Crippen molar-refractivity contribution in [1.82, 2.24) is 24.9 Å². The zero-order valence-electron chi connectivity index (χ0n) is 13.9. The molecule has 1 aliphatic rings. The van der Waals surface area contributed by atoms with E-state index in [-0.39, 0.29) is 6.04 Å². The number of hydrogen-bond acceptors (Lipinski definition) is 5. The first-order chi connectivity index (χ1) is 12.3. The number of H-pyrrole nitrogens is 2. The van der Waals surface area contributed by atoms with Crippen molar-refractivity contribution in [1.29, 1.82) is 0 Å². The molecule has 0 spiro atoms. The first kappa shape index (κ1) is 14.4. The minimum Gasteiger partial charge on any atom is -0.377 e. The minimum atomic E-state index is 0.249. The molecule has 1 aromatic carbocycles. The van der Waals surface area contributed by atoms with Crippen LogP contribution < -0.4 is 4.90 Å². The van der Waals surface area contributed by atoms with Gasteiger partial charge in [-0.05, 0) is 19.1 Å². The summed E-state index contributed by atoms with van der Waals surface area (Å²) in [6.45, 7) is 4.34. The van der Waals surface area contributed by atoms with E-state index in [4.69, 9.17) is 14.7 Å². The fourth-order valence-corrected chi connectivity index (χ4v) is 3.46. The molecule has 1 fully saturated rings. The maximum Gasteiger partial charge on any atom is 0.164 e. The first-order valence-electron chi connectivity index (χ1n) is 8.43. The zero-order chi connectivity index (χ0) is 16.8.